The predicted molar refractivity (Wildman–Crippen MR) is 159 cm³/mol. The summed E-state index contributed by atoms with van der Waals surface area (Å²) in [5.41, 5.74) is 6.15. The van der Waals surface area contributed by atoms with Gasteiger partial charge in [-0.15, -0.1) is 0 Å². The summed E-state index contributed by atoms with van der Waals surface area (Å²) in [6.45, 7) is 0.468. The van der Waals surface area contributed by atoms with Gasteiger partial charge in [-0.2, -0.15) is 0 Å². The quantitative estimate of drug-likeness (QED) is 0.300. The molecule has 4 aromatic carbocycles. The Morgan fingerprint density at radius 2 is 1.46 bits per heavy atom. The van der Waals surface area contributed by atoms with E-state index in [2.05, 4.69) is 35.3 Å². The van der Waals surface area contributed by atoms with Gasteiger partial charge in [-0.1, -0.05) is 97.1 Å². The van der Waals surface area contributed by atoms with E-state index in [0.717, 1.165) is 38.9 Å². The zero-order valence-electron chi connectivity index (χ0n) is 22.9. The molecule has 6 heteroatoms. The average Bonchev–Trinajstić information content (AvgIpc) is 3.40. The number of fused-ring (bicyclic) bond motifs is 4. The molecule has 2 atom stereocenters. The summed E-state index contributed by atoms with van der Waals surface area (Å²) < 4.78 is 5.75. The lowest BCUT2D eigenvalue weighted by Crippen LogP contribution is -2.63. The second-order valence-electron chi connectivity index (χ2n) is 10.8. The molecule has 0 aliphatic carbocycles. The van der Waals surface area contributed by atoms with Crippen LogP contribution in [0.3, 0.4) is 0 Å². The summed E-state index contributed by atoms with van der Waals surface area (Å²) in [6, 6.07) is 35.3. The smallest absolute Gasteiger partial charge is 0.246 e. The molecule has 2 amide bonds. The van der Waals surface area contributed by atoms with Crippen LogP contribution in [0.25, 0.3) is 10.9 Å². The summed E-state index contributed by atoms with van der Waals surface area (Å²) in [6.07, 6.45) is 0.466. The fraction of sp³-hybridized carbons (Fsp3) is 0.200. The molecule has 2 aliphatic rings. The number of hydrogen-bond acceptors (Lipinski definition) is 3. The second-order valence-corrected chi connectivity index (χ2v) is 10.8. The van der Waals surface area contributed by atoms with Crippen LogP contribution in [0.1, 0.15) is 39.9 Å². The maximum absolute atomic E-state index is 14.4. The Balaban J connectivity index is 1.31. The van der Waals surface area contributed by atoms with Gasteiger partial charge in [0, 0.05) is 41.0 Å². The Kier molecular flexibility index (Phi) is 6.31. The summed E-state index contributed by atoms with van der Waals surface area (Å²) in [5, 5.41) is 1.09. The molecule has 1 fully saturated rings. The first kappa shape index (κ1) is 25.1. The number of rotatable bonds is 6. The van der Waals surface area contributed by atoms with Crippen LogP contribution in [-0.4, -0.2) is 52.8 Å². The second kappa shape index (κ2) is 10.3. The van der Waals surface area contributed by atoms with Gasteiger partial charge in [0.2, 0.25) is 11.8 Å². The minimum absolute atomic E-state index is 0.0164. The van der Waals surface area contributed by atoms with Crippen molar-refractivity contribution in [2.45, 2.75) is 24.4 Å². The summed E-state index contributed by atoms with van der Waals surface area (Å²) in [7, 11) is 1.64. The lowest BCUT2D eigenvalue weighted by atomic mass is 9.85. The van der Waals surface area contributed by atoms with Gasteiger partial charge in [0.05, 0.1) is 13.7 Å². The molecule has 41 heavy (non-hydrogen) atoms. The number of nitrogens with zero attached hydrogens (tertiary/aromatic N) is 2. The van der Waals surface area contributed by atoms with Crippen molar-refractivity contribution in [3.05, 3.63) is 137 Å². The van der Waals surface area contributed by atoms with Crippen LogP contribution in [0, 0.1) is 0 Å². The highest BCUT2D eigenvalue weighted by molar-refractivity contribution is 5.97. The minimum atomic E-state index is -0.606. The van der Waals surface area contributed by atoms with E-state index in [4.69, 9.17) is 4.74 Å². The van der Waals surface area contributed by atoms with Crippen LogP contribution in [0.15, 0.2) is 109 Å². The average molecular weight is 542 g/mol. The molecule has 2 aliphatic heterocycles. The first-order chi connectivity index (χ1) is 20.1. The maximum Gasteiger partial charge on any atom is 0.246 e. The molecule has 1 N–H and O–H groups in total. The van der Waals surface area contributed by atoms with Crippen molar-refractivity contribution in [3.8, 4) is 5.75 Å². The van der Waals surface area contributed by atoms with Crippen molar-refractivity contribution >= 4 is 22.7 Å². The highest BCUT2D eigenvalue weighted by Gasteiger charge is 2.49. The number of aromatic amines is 1. The first-order valence-electron chi connectivity index (χ1n) is 14.1. The van der Waals surface area contributed by atoms with Crippen LogP contribution in [0.5, 0.6) is 5.75 Å². The summed E-state index contributed by atoms with van der Waals surface area (Å²) in [4.78, 5) is 35.7. The van der Waals surface area contributed by atoms with Gasteiger partial charge in [0.15, 0.2) is 0 Å². The molecule has 0 bridgehead atoms. The molecule has 0 saturated carbocycles. The van der Waals surface area contributed by atoms with E-state index in [0.29, 0.717) is 18.7 Å². The van der Waals surface area contributed by atoms with Crippen LogP contribution in [0.2, 0.25) is 0 Å². The third kappa shape index (κ3) is 4.27. The molecule has 0 spiro atoms. The number of nitrogens with one attached hydrogen (secondary N) is 1. The van der Waals surface area contributed by atoms with Gasteiger partial charge in [0.1, 0.15) is 17.8 Å². The van der Waals surface area contributed by atoms with Gasteiger partial charge in [0.25, 0.3) is 0 Å². The highest BCUT2D eigenvalue weighted by Crippen LogP contribution is 2.45. The van der Waals surface area contributed by atoms with Gasteiger partial charge in [-0.3, -0.25) is 9.59 Å². The fourth-order valence-corrected chi connectivity index (χ4v) is 6.69. The lowest BCUT2D eigenvalue weighted by molar-refractivity contribution is -0.158. The number of para-hydroxylation sites is 2. The van der Waals surface area contributed by atoms with Crippen LogP contribution < -0.4 is 4.74 Å². The van der Waals surface area contributed by atoms with Crippen molar-refractivity contribution in [1.82, 2.24) is 14.8 Å². The Morgan fingerprint density at radius 1 is 0.829 bits per heavy atom. The topological polar surface area (TPSA) is 65.6 Å². The van der Waals surface area contributed by atoms with Crippen molar-refractivity contribution < 1.29 is 14.3 Å². The predicted octanol–water partition coefficient (Wildman–Crippen LogP) is 5.69. The molecule has 7 rings (SSSR count). The molecule has 1 saturated heterocycles. The monoisotopic (exact) mass is 541 g/mol. The Morgan fingerprint density at radius 3 is 2.17 bits per heavy atom. The van der Waals surface area contributed by atoms with Crippen molar-refractivity contribution in [2.75, 3.05) is 20.2 Å². The SMILES string of the molecule is COc1ccccc1C1c2[nH]c3ccccc3c2C[C@H]2C(=O)N(CC(c3ccccc3)c3ccccc3)CC(=O)N12. The van der Waals surface area contributed by atoms with E-state index in [1.807, 2.05) is 78.9 Å². The Hall–Kier alpha value is -4.84. The van der Waals surface area contributed by atoms with Gasteiger partial charge in [-0.05, 0) is 28.8 Å². The molecule has 1 unspecified atom stereocenters. The number of carbonyl (C=O) groups excluding carboxylic acids is 2. The van der Waals surface area contributed by atoms with E-state index < -0.39 is 12.1 Å². The van der Waals surface area contributed by atoms with Crippen LogP contribution in [-0.2, 0) is 16.0 Å². The fourth-order valence-electron chi connectivity index (χ4n) is 6.69. The number of piperazine rings is 1. The Labute approximate surface area is 239 Å². The van der Waals surface area contributed by atoms with Gasteiger partial charge >= 0.3 is 0 Å². The van der Waals surface area contributed by atoms with Crippen LogP contribution >= 0.6 is 0 Å². The van der Waals surface area contributed by atoms with E-state index in [9.17, 15) is 9.59 Å². The largest absolute Gasteiger partial charge is 0.496 e. The molecule has 5 aromatic rings. The molecular formula is C35H31N3O3. The van der Waals surface area contributed by atoms with E-state index >= 15 is 0 Å². The number of hydrogen-bond donors (Lipinski definition) is 1. The zero-order chi connectivity index (χ0) is 27.9. The molecule has 0 radical (unpaired) electrons. The third-order valence-electron chi connectivity index (χ3n) is 8.58. The third-order valence-corrected chi connectivity index (χ3v) is 8.58. The highest BCUT2D eigenvalue weighted by atomic mass is 16.5. The van der Waals surface area contributed by atoms with E-state index in [-0.39, 0.29) is 24.3 Å². The summed E-state index contributed by atoms with van der Waals surface area (Å²) >= 11 is 0. The number of aromatic nitrogens is 1. The standard InChI is InChI=1S/C35H31N3O3/c1-41-31-19-11-9-17-26(31)34-33-27(25-16-8-10-18-29(25)36-33)20-30-35(40)37(22-32(39)38(30)34)21-28(23-12-4-2-5-13-23)24-14-6-3-7-15-24/h2-19,28,30,34,36H,20-22H2,1H3/t30-,34?/m0/s1. The number of amides is 2. The number of methoxy groups -OCH3 is 1. The zero-order valence-corrected chi connectivity index (χ0v) is 22.9. The van der Waals surface area contributed by atoms with Crippen molar-refractivity contribution in [2.24, 2.45) is 0 Å². The number of benzene rings is 4. The number of carbonyl (C=O) groups is 2. The van der Waals surface area contributed by atoms with E-state index in [1.165, 1.54) is 0 Å². The lowest BCUT2D eigenvalue weighted by Gasteiger charge is -2.47. The van der Waals surface area contributed by atoms with Gasteiger partial charge < -0.3 is 19.5 Å². The number of H-pyrrole nitrogens is 1. The van der Waals surface area contributed by atoms with Crippen molar-refractivity contribution in [3.63, 3.8) is 0 Å². The summed E-state index contributed by atoms with van der Waals surface area (Å²) in [5.74, 6) is 0.573. The van der Waals surface area contributed by atoms with Gasteiger partial charge in [-0.25, -0.2) is 0 Å². The normalized spacial score (nSPS) is 18.5. The van der Waals surface area contributed by atoms with Crippen molar-refractivity contribution in [1.29, 1.82) is 0 Å². The molecule has 3 heterocycles. The Bertz CT molecular complexity index is 1690. The molecular weight excluding hydrogens is 510 g/mol. The first-order valence-corrected chi connectivity index (χ1v) is 14.1. The maximum atomic E-state index is 14.4. The molecule has 204 valence electrons. The van der Waals surface area contributed by atoms with E-state index in [1.54, 1.807) is 16.9 Å². The molecule has 1 aromatic heterocycles. The van der Waals surface area contributed by atoms with Crippen LogP contribution in [0.4, 0.5) is 0 Å². The molecule has 6 nitrogen and oxygen atoms in total. The minimum Gasteiger partial charge on any atom is -0.496 e. The number of ether oxygens (including phenoxy) is 1.